The van der Waals surface area contributed by atoms with Gasteiger partial charge in [-0.1, -0.05) is 20.8 Å². The number of methoxy groups -OCH3 is 2. The maximum absolute atomic E-state index is 12.7. The van der Waals surface area contributed by atoms with E-state index in [-0.39, 0.29) is 29.4 Å². The van der Waals surface area contributed by atoms with Gasteiger partial charge < -0.3 is 19.1 Å². The molecule has 1 amide bonds. The van der Waals surface area contributed by atoms with E-state index in [2.05, 4.69) is 20.8 Å². The molecule has 0 aromatic heterocycles. The Kier molecular flexibility index (Phi) is 5.92. The largest absolute Gasteiger partial charge is 0.497 e. The lowest BCUT2D eigenvalue weighted by Gasteiger charge is -2.39. The number of hydrogen-bond acceptors (Lipinski definition) is 5. The van der Waals surface area contributed by atoms with Crippen molar-refractivity contribution in [3.8, 4) is 11.5 Å². The minimum Gasteiger partial charge on any atom is -0.497 e. The molecule has 1 saturated carbocycles. The van der Waals surface area contributed by atoms with Crippen LogP contribution >= 0.6 is 0 Å². The second kappa shape index (κ2) is 8.09. The van der Waals surface area contributed by atoms with Crippen molar-refractivity contribution in [1.29, 1.82) is 0 Å². The molecular formula is C23H31NO5. The van der Waals surface area contributed by atoms with Gasteiger partial charge in [0.25, 0.3) is 5.91 Å². The van der Waals surface area contributed by atoms with Crippen LogP contribution in [0.3, 0.4) is 0 Å². The molecule has 2 atom stereocenters. The first-order valence-electron chi connectivity index (χ1n) is 10.0. The van der Waals surface area contributed by atoms with Crippen LogP contribution in [0, 0.1) is 10.8 Å². The lowest BCUT2D eigenvalue weighted by atomic mass is 9.65. The zero-order valence-electron chi connectivity index (χ0n) is 18.0. The molecule has 1 heterocycles. The molecule has 3 rings (SSSR count). The summed E-state index contributed by atoms with van der Waals surface area (Å²) in [5, 5.41) is 0. The Labute approximate surface area is 172 Å². The fraction of sp³-hybridized carbons (Fsp3) is 0.565. The first kappa shape index (κ1) is 21.2. The molecular weight excluding hydrogens is 370 g/mol. The number of esters is 1. The van der Waals surface area contributed by atoms with Crippen LogP contribution < -0.4 is 9.47 Å². The number of carbonyl (C=O) groups excluding carboxylic acids is 2. The number of fused-ring (bicyclic) bond motifs is 2. The number of nitrogens with zero attached hydrogens (tertiary/aromatic N) is 1. The smallest absolute Gasteiger partial charge is 0.331 e. The van der Waals surface area contributed by atoms with Crippen molar-refractivity contribution in [2.75, 3.05) is 27.4 Å². The number of amides is 1. The SMILES string of the molecule is COc1ccc(OC)c(/C=C/C(=O)OCC(=O)N2C[C@@]3(C)C[C@@H]2CC(C)(C)C3)c1. The minimum absolute atomic E-state index is 0.114. The summed E-state index contributed by atoms with van der Waals surface area (Å²) in [6, 6.07) is 5.55. The highest BCUT2D eigenvalue weighted by Gasteiger charge is 2.50. The van der Waals surface area contributed by atoms with Crippen LogP contribution in [0.5, 0.6) is 11.5 Å². The number of likely N-dealkylation sites (tertiary alicyclic amines) is 1. The van der Waals surface area contributed by atoms with E-state index >= 15 is 0 Å². The number of ether oxygens (including phenoxy) is 3. The number of hydrogen-bond donors (Lipinski definition) is 0. The second-order valence-electron chi connectivity index (χ2n) is 9.28. The molecule has 2 bridgehead atoms. The van der Waals surface area contributed by atoms with Crippen molar-refractivity contribution in [2.45, 2.75) is 46.1 Å². The minimum atomic E-state index is -0.558. The molecule has 0 unspecified atom stereocenters. The average molecular weight is 402 g/mol. The maximum Gasteiger partial charge on any atom is 0.331 e. The lowest BCUT2D eigenvalue weighted by Crippen LogP contribution is -2.39. The molecule has 2 aliphatic rings. The van der Waals surface area contributed by atoms with Gasteiger partial charge in [0, 0.05) is 24.2 Å². The first-order valence-corrected chi connectivity index (χ1v) is 10.0. The van der Waals surface area contributed by atoms with Gasteiger partial charge in [0.2, 0.25) is 0 Å². The Morgan fingerprint density at radius 1 is 1.17 bits per heavy atom. The van der Waals surface area contributed by atoms with Gasteiger partial charge in [0.15, 0.2) is 6.61 Å². The lowest BCUT2D eigenvalue weighted by molar-refractivity contribution is -0.148. The third kappa shape index (κ3) is 4.92. The first-order chi connectivity index (χ1) is 13.6. The molecule has 29 heavy (non-hydrogen) atoms. The fourth-order valence-electron chi connectivity index (χ4n) is 5.14. The third-order valence-corrected chi connectivity index (χ3v) is 5.91. The highest BCUT2D eigenvalue weighted by atomic mass is 16.5. The summed E-state index contributed by atoms with van der Waals surface area (Å²) in [5.74, 6) is 0.603. The Morgan fingerprint density at radius 3 is 2.62 bits per heavy atom. The Bertz CT molecular complexity index is 815. The standard InChI is InChI=1S/C23H31NO5/c1-22(2)11-17-12-23(3,14-22)15-24(17)20(25)13-29-21(26)9-6-16-10-18(27-4)7-8-19(16)28-5/h6-10,17H,11-15H2,1-5H3/b9-6+/t17-,23-/m0/s1. The van der Waals surface area contributed by atoms with E-state index < -0.39 is 5.97 Å². The molecule has 0 spiro atoms. The number of carbonyl (C=O) groups is 2. The van der Waals surface area contributed by atoms with Gasteiger partial charge in [-0.05, 0) is 54.4 Å². The normalized spacial score (nSPS) is 25.1. The van der Waals surface area contributed by atoms with E-state index in [0.717, 1.165) is 25.8 Å². The predicted octanol–water partition coefficient (Wildman–Crippen LogP) is 3.69. The zero-order chi connectivity index (χ0) is 21.2. The zero-order valence-corrected chi connectivity index (χ0v) is 18.0. The Balaban J connectivity index is 1.57. The van der Waals surface area contributed by atoms with E-state index in [1.54, 1.807) is 38.5 Å². The van der Waals surface area contributed by atoms with Gasteiger partial charge in [0.05, 0.1) is 14.2 Å². The van der Waals surface area contributed by atoms with Crippen molar-refractivity contribution in [3.05, 3.63) is 29.8 Å². The maximum atomic E-state index is 12.7. The van der Waals surface area contributed by atoms with Gasteiger partial charge >= 0.3 is 5.97 Å². The molecule has 1 aromatic carbocycles. The Morgan fingerprint density at radius 2 is 1.93 bits per heavy atom. The summed E-state index contributed by atoms with van der Waals surface area (Å²) in [6.07, 6.45) is 6.05. The van der Waals surface area contributed by atoms with Crippen molar-refractivity contribution in [3.63, 3.8) is 0 Å². The average Bonchev–Trinajstić information content (AvgIpc) is 2.92. The van der Waals surface area contributed by atoms with Gasteiger partial charge in [-0.15, -0.1) is 0 Å². The summed E-state index contributed by atoms with van der Waals surface area (Å²) < 4.78 is 15.7. The molecule has 0 N–H and O–H groups in total. The summed E-state index contributed by atoms with van der Waals surface area (Å²) in [4.78, 5) is 26.7. The van der Waals surface area contributed by atoms with Crippen LogP contribution in [0.4, 0.5) is 0 Å². The van der Waals surface area contributed by atoms with Crippen molar-refractivity contribution < 1.29 is 23.8 Å². The predicted molar refractivity (Wildman–Crippen MR) is 111 cm³/mol. The fourth-order valence-corrected chi connectivity index (χ4v) is 5.14. The summed E-state index contributed by atoms with van der Waals surface area (Å²) >= 11 is 0. The van der Waals surface area contributed by atoms with Crippen LogP contribution in [0.1, 0.15) is 45.6 Å². The molecule has 6 heteroatoms. The quantitative estimate of drug-likeness (QED) is 0.537. The van der Waals surface area contributed by atoms with E-state index in [9.17, 15) is 9.59 Å². The molecule has 2 fully saturated rings. The molecule has 6 nitrogen and oxygen atoms in total. The molecule has 158 valence electrons. The molecule has 1 saturated heterocycles. The number of rotatable bonds is 6. The van der Waals surface area contributed by atoms with E-state index in [1.165, 1.54) is 6.08 Å². The van der Waals surface area contributed by atoms with E-state index in [1.807, 2.05) is 4.90 Å². The van der Waals surface area contributed by atoms with Crippen molar-refractivity contribution in [2.24, 2.45) is 10.8 Å². The highest BCUT2D eigenvalue weighted by Crippen LogP contribution is 2.52. The van der Waals surface area contributed by atoms with Crippen molar-refractivity contribution in [1.82, 2.24) is 4.90 Å². The Hall–Kier alpha value is -2.50. The van der Waals surface area contributed by atoms with Crippen LogP contribution in [-0.4, -0.2) is 50.2 Å². The van der Waals surface area contributed by atoms with E-state index in [4.69, 9.17) is 14.2 Å². The van der Waals surface area contributed by atoms with Crippen molar-refractivity contribution >= 4 is 18.0 Å². The highest BCUT2D eigenvalue weighted by molar-refractivity contribution is 5.90. The van der Waals surface area contributed by atoms with Crippen LogP contribution in [0.25, 0.3) is 6.08 Å². The number of benzene rings is 1. The van der Waals surface area contributed by atoms with E-state index in [0.29, 0.717) is 17.1 Å². The van der Waals surface area contributed by atoms with Crippen LogP contribution in [0.2, 0.25) is 0 Å². The molecule has 1 aliphatic carbocycles. The molecule has 0 radical (unpaired) electrons. The summed E-state index contributed by atoms with van der Waals surface area (Å²) in [5.41, 5.74) is 1.09. The van der Waals surface area contributed by atoms with Crippen LogP contribution in [-0.2, 0) is 14.3 Å². The monoisotopic (exact) mass is 401 g/mol. The van der Waals surface area contributed by atoms with Gasteiger partial charge in [-0.2, -0.15) is 0 Å². The molecule has 1 aliphatic heterocycles. The van der Waals surface area contributed by atoms with Gasteiger partial charge in [0.1, 0.15) is 11.5 Å². The topological polar surface area (TPSA) is 65.1 Å². The third-order valence-electron chi connectivity index (χ3n) is 5.91. The second-order valence-corrected chi connectivity index (χ2v) is 9.28. The summed E-state index contributed by atoms with van der Waals surface area (Å²) in [6.45, 7) is 7.30. The summed E-state index contributed by atoms with van der Waals surface area (Å²) in [7, 11) is 3.13. The van der Waals surface area contributed by atoms with Gasteiger partial charge in [-0.25, -0.2) is 4.79 Å². The van der Waals surface area contributed by atoms with Crippen LogP contribution in [0.15, 0.2) is 24.3 Å². The molecule has 1 aromatic rings. The van der Waals surface area contributed by atoms with Gasteiger partial charge in [-0.3, -0.25) is 4.79 Å².